The summed E-state index contributed by atoms with van der Waals surface area (Å²) in [6, 6.07) is 108. The van der Waals surface area contributed by atoms with Crippen LogP contribution in [0.1, 0.15) is 52.7 Å². The zero-order chi connectivity index (χ0) is 61.7. The average molecular weight is 1200 g/mol. The lowest BCUT2D eigenvalue weighted by Gasteiger charge is -2.44. The molecule has 0 N–H and O–H groups in total. The summed E-state index contributed by atoms with van der Waals surface area (Å²) in [5, 5.41) is 7.53. The van der Waals surface area contributed by atoms with E-state index in [9.17, 15) is 0 Å². The highest BCUT2D eigenvalue weighted by Gasteiger charge is 2.44. The van der Waals surface area contributed by atoms with E-state index in [-0.39, 0.29) is 17.5 Å². The summed E-state index contributed by atoms with van der Waals surface area (Å²) in [6.07, 6.45) is 0. The molecule has 4 nitrogen and oxygen atoms in total. The number of nitrogens with zero attached hydrogens (tertiary/aromatic N) is 4. The van der Waals surface area contributed by atoms with Gasteiger partial charge in [0.15, 0.2) is 0 Å². The summed E-state index contributed by atoms with van der Waals surface area (Å²) >= 11 is 1.87. The highest BCUT2D eigenvalue weighted by atomic mass is 32.1. The Morgan fingerprint density at radius 3 is 1.03 bits per heavy atom. The molecule has 0 fully saturated rings. The summed E-state index contributed by atoms with van der Waals surface area (Å²) in [4.78, 5) is 5.19. The summed E-state index contributed by atoms with van der Waals surface area (Å²) in [5.74, 6) is 0. The zero-order valence-corrected chi connectivity index (χ0v) is 53.2. The van der Waals surface area contributed by atoms with Crippen molar-refractivity contribution in [1.82, 2.24) is 9.13 Å². The van der Waals surface area contributed by atoms with Gasteiger partial charge in [-0.05, 0) is 175 Å². The molecule has 2 aliphatic rings. The van der Waals surface area contributed by atoms with Crippen molar-refractivity contribution in [1.29, 1.82) is 0 Å². The molecule has 5 heterocycles. The second-order valence-electron chi connectivity index (χ2n) is 27.3. The van der Waals surface area contributed by atoms with Crippen LogP contribution >= 0.6 is 11.3 Å². The van der Waals surface area contributed by atoms with E-state index in [1.54, 1.807) is 0 Å². The van der Waals surface area contributed by atoms with Gasteiger partial charge in [-0.25, -0.2) is 0 Å². The molecule has 0 saturated carbocycles. The summed E-state index contributed by atoms with van der Waals surface area (Å²) in [7, 11) is 0. The number of fused-ring (bicyclic) bond motifs is 13. The number of para-hydroxylation sites is 4. The predicted octanol–water partition coefficient (Wildman–Crippen LogP) is 21.9. The zero-order valence-electron chi connectivity index (χ0n) is 52.4. The lowest BCUT2D eigenvalue weighted by atomic mass is 9.33. The van der Waals surface area contributed by atoms with Crippen molar-refractivity contribution in [3.8, 4) is 44.8 Å². The van der Waals surface area contributed by atoms with Crippen molar-refractivity contribution >= 4 is 132 Å². The first kappa shape index (κ1) is 54.3. The van der Waals surface area contributed by atoms with Gasteiger partial charge in [0, 0.05) is 87.2 Å². The molecule has 0 radical (unpaired) electrons. The molecule has 0 unspecified atom stereocenters. The Balaban J connectivity index is 0.921. The second kappa shape index (κ2) is 20.4. The van der Waals surface area contributed by atoms with Crippen molar-refractivity contribution in [3.63, 3.8) is 0 Å². The molecule has 0 saturated heterocycles. The van der Waals surface area contributed by atoms with E-state index < -0.39 is 0 Å². The fourth-order valence-electron chi connectivity index (χ4n) is 15.2. The molecule has 16 aromatic rings. The normalized spacial score (nSPS) is 13.0. The van der Waals surface area contributed by atoms with Gasteiger partial charge in [-0.1, -0.05) is 224 Å². The van der Waals surface area contributed by atoms with Crippen LogP contribution in [0.4, 0.5) is 34.1 Å². The predicted molar refractivity (Wildman–Crippen MR) is 396 cm³/mol. The lowest BCUT2D eigenvalue weighted by molar-refractivity contribution is 0.590. The number of thiophene rings is 1. The van der Waals surface area contributed by atoms with E-state index in [2.05, 4.69) is 346 Å². The van der Waals surface area contributed by atoms with Crippen LogP contribution in [0.3, 0.4) is 0 Å². The fourth-order valence-corrected chi connectivity index (χ4v) is 16.3. The molecular formula is C86H65BN4S. The third-order valence-electron chi connectivity index (χ3n) is 19.8. The number of anilines is 6. The molecule has 0 bridgehead atoms. The second-order valence-corrected chi connectivity index (χ2v) is 28.4. The molecule has 0 aliphatic carbocycles. The van der Waals surface area contributed by atoms with E-state index in [4.69, 9.17) is 0 Å². The molecule has 438 valence electrons. The van der Waals surface area contributed by atoms with Crippen molar-refractivity contribution in [3.05, 3.63) is 296 Å². The minimum Gasteiger partial charge on any atom is -0.311 e. The van der Waals surface area contributed by atoms with Gasteiger partial charge in [0.25, 0.3) is 6.71 Å². The van der Waals surface area contributed by atoms with E-state index in [0.717, 1.165) is 51.1 Å². The first-order valence-corrected chi connectivity index (χ1v) is 33.1. The van der Waals surface area contributed by atoms with E-state index in [0.29, 0.717) is 0 Å². The number of rotatable bonds is 7. The largest absolute Gasteiger partial charge is 0.311 e. The summed E-state index contributed by atoms with van der Waals surface area (Å²) in [5.41, 5.74) is 27.4. The minimum absolute atomic E-state index is 0.0595. The van der Waals surface area contributed by atoms with Crippen LogP contribution in [0, 0.1) is 0 Å². The minimum atomic E-state index is -0.143. The van der Waals surface area contributed by atoms with Gasteiger partial charge in [-0.15, -0.1) is 11.3 Å². The van der Waals surface area contributed by atoms with Crippen molar-refractivity contribution in [2.24, 2.45) is 0 Å². The van der Waals surface area contributed by atoms with Gasteiger partial charge in [0.2, 0.25) is 0 Å². The smallest absolute Gasteiger partial charge is 0.252 e. The number of aromatic nitrogens is 2. The third kappa shape index (κ3) is 8.50. The maximum absolute atomic E-state index is 2.59. The molecule has 13 aromatic carbocycles. The highest BCUT2D eigenvalue weighted by molar-refractivity contribution is 7.25. The first-order chi connectivity index (χ1) is 44.9. The van der Waals surface area contributed by atoms with Gasteiger partial charge in [0.1, 0.15) is 0 Å². The van der Waals surface area contributed by atoms with Crippen LogP contribution in [-0.2, 0) is 10.8 Å². The van der Waals surface area contributed by atoms with Crippen LogP contribution in [0.2, 0.25) is 0 Å². The molecule has 3 aromatic heterocycles. The molecule has 92 heavy (non-hydrogen) atoms. The fraction of sp³-hybridized carbons (Fsp3) is 0.0930. The molecule has 0 amide bonds. The van der Waals surface area contributed by atoms with Gasteiger partial charge < -0.3 is 18.9 Å². The number of benzene rings is 13. The summed E-state index contributed by atoms with van der Waals surface area (Å²) < 4.78 is 7.54. The van der Waals surface area contributed by atoms with Gasteiger partial charge in [-0.2, -0.15) is 0 Å². The number of hydrogen-bond acceptors (Lipinski definition) is 3. The Labute approximate surface area is 541 Å². The van der Waals surface area contributed by atoms with E-state index in [1.165, 1.54) is 119 Å². The number of hydrogen-bond donors (Lipinski definition) is 0. The Hall–Kier alpha value is -10.7. The maximum Gasteiger partial charge on any atom is 0.252 e. The molecular weight excluding hydrogens is 1130 g/mol. The van der Waals surface area contributed by atoms with Gasteiger partial charge in [0.05, 0.1) is 22.1 Å². The molecule has 0 spiro atoms. The van der Waals surface area contributed by atoms with Gasteiger partial charge >= 0.3 is 0 Å². The van der Waals surface area contributed by atoms with Crippen LogP contribution < -0.4 is 26.2 Å². The molecule has 0 atom stereocenters. The van der Waals surface area contributed by atoms with Crippen molar-refractivity contribution in [2.75, 3.05) is 9.80 Å². The standard InChI is InChI=1S/C86H65BN4S/c1-85(2,3)60-36-27-54(28-37-60)56-31-40-62(41-32-56)88-78-52-64(90-74-22-12-7-17-66(74)67-18-8-13-23-75(67)90)44-46-72(78)87-73-47-45-65(91-76-24-14-9-19-68(76)69-20-10-15-25-77(69)91)53-79(73)89(63-42-33-57(34-43-63)55-29-38-61(39-30-55)86(4,5)6)81-51-59(50-80(88)84(81)87)58-35-48-83-71(49-58)70-21-11-16-26-82(70)92-83/h7-53H,1-6H3. The summed E-state index contributed by atoms with van der Waals surface area (Å²) in [6.45, 7) is 13.6. The Morgan fingerprint density at radius 1 is 0.272 bits per heavy atom. The van der Waals surface area contributed by atoms with Crippen LogP contribution in [0.25, 0.3) is 109 Å². The van der Waals surface area contributed by atoms with Crippen molar-refractivity contribution in [2.45, 2.75) is 52.4 Å². The molecule has 2 aliphatic heterocycles. The van der Waals surface area contributed by atoms with Crippen molar-refractivity contribution < 1.29 is 0 Å². The van der Waals surface area contributed by atoms with Crippen LogP contribution in [-0.4, -0.2) is 15.8 Å². The average Bonchev–Trinajstić information content (AvgIpc) is 0.741. The molecule has 6 heteroatoms. The first-order valence-electron chi connectivity index (χ1n) is 32.2. The van der Waals surface area contributed by atoms with Gasteiger partial charge in [-0.3, -0.25) is 0 Å². The Bertz CT molecular complexity index is 5260. The highest BCUT2D eigenvalue weighted by Crippen LogP contribution is 2.49. The Kier molecular flexibility index (Phi) is 12.1. The maximum atomic E-state index is 2.59. The van der Waals surface area contributed by atoms with E-state index >= 15 is 0 Å². The Morgan fingerprint density at radius 2 is 0.620 bits per heavy atom. The monoisotopic (exact) mass is 1200 g/mol. The topological polar surface area (TPSA) is 16.3 Å². The van der Waals surface area contributed by atoms with Crippen LogP contribution in [0.5, 0.6) is 0 Å². The quantitative estimate of drug-likeness (QED) is 0.148. The third-order valence-corrected chi connectivity index (χ3v) is 21.0. The molecule has 18 rings (SSSR count). The lowest BCUT2D eigenvalue weighted by Crippen LogP contribution is -2.61. The SMILES string of the molecule is CC(C)(C)c1ccc(-c2ccc(N3c4cc(-n5c6ccccc6c6ccccc65)ccc4B4c5ccc(-n6c7ccccc7c7ccccc76)cc5N(c5ccc(-c6ccc(C(C)(C)C)cc6)cc5)c5cc(-c6ccc7sc8ccccc8c7c6)cc3c54)cc2)cc1. The van der Waals surface area contributed by atoms with E-state index in [1.807, 2.05) is 11.3 Å². The van der Waals surface area contributed by atoms with Crippen LogP contribution in [0.15, 0.2) is 285 Å².